The molecule has 190 valence electrons. The third kappa shape index (κ3) is 5.86. The average molecular weight is 516 g/mol. The van der Waals surface area contributed by atoms with Crippen molar-refractivity contribution in [3.63, 3.8) is 0 Å². The summed E-state index contributed by atoms with van der Waals surface area (Å²) in [6.45, 7) is -0.383. The molecule has 0 saturated carbocycles. The summed E-state index contributed by atoms with van der Waals surface area (Å²) >= 11 is 0. The Hall–Kier alpha value is -4.99. The molecule has 7 nitrogen and oxygen atoms in total. The summed E-state index contributed by atoms with van der Waals surface area (Å²) in [5, 5.41) is 6.42. The quantitative estimate of drug-likeness (QED) is 0.266. The Bertz CT molecular complexity index is 1530. The van der Waals surface area contributed by atoms with Gasteiger partial charge in [-0.15, -0.1) is 0 Å². The van der Waals surface area contributed by atoms with Gasteiger partial charge in [0.05, 0.1) is 11.3 Å². The van der Waals surface area contributed by atoms with Gasteiger partial charge in [-0.25, -0.2) is 0 Å². The minimum absolute atomic E-state index is 0.0286. The van der Waals surface area contributed by atoms with Crippen molar-refractivity contribution in [3.8, 4) is 39.8 Å². The van der Waals surface area contributed by atoms with E-state index in [9.17, 15) is 18.0 Å². The lowest BCUT2D eigenvalue weighted by Crippen LogP contribution is -2.20. The van der Waals surface area contributed by atoms with Crippen LogP contribution in [0.4, 0.5) is 18.9 Å². The Balaban J connectivity index is 1.18. The number of halogens is 3. The van der Waals surface area contributed by atoms with Crippen LogP contribution in [0.1, 0.15) is 5.56 Å². The van der Waals surface area contributed by atoms with Gasteiger partial charge in [-0.1, -0.05) is 41.6 Å². The highest BCUT2D eigenvalue weighted by molar-refractivity contribution is 5.92. The van der Waals surface area contributed by atoms with Gasteiger partial charge in [0.2, 0.25) is 5.82 Å². The number of nitrogens with zero attached hydrogens (tertiary/aromatic N) is 3. The second-order valence-corrected chi connectivity index (χ2v) is 8.16. The Labute approximate surface area is 214 Å². The van der Waals surface area contributed by atoms with Gasteiger partial charge >= 0.3 is 6.18 Å². The summed E-state index contributed by atoms with van der Waals surface area (Å²) in [6, 6.07) is 24.5. The van der Waals surface area contributed by atoms with Crippen LogP contribution in [0, 0.1) is 0 Å². The number of alkyl halides is 3. The van der Waals surface area contributed by atoms with Crippen LogP contribution in [0.3, 0.4) is 0 Å². The fraction of sp³-hybridized carbons (Fsp3) is 0.0714. The number of nitrogens with one attached hydrogen (secondary N) is 1. The molecule has 0 atom stereocenters. The second kappa shape index (κ2) is 10.6. The van der Waals surface area contributed by atoms with E-state index in [0.717, 1.165) is 23.4 Å². The third-order valence-corrected chi connectivity index (χ3v) is 5.46. The molecule has 2 heterocycles. The predicted molar refractivity (Wildman–Crippen MR) is 134 cm³/mol. The first-order valence-corrected chi connectivity index (χ1v) is 11.4. The van der Waals surface area contributed by atoms with E-state index in [1.165, 1.54) is 12.1 Å². The van der Waals surface area contributed by atoms with Gasteiger partial charge in [0.25, 0.3) is 11.8 Å². The number of hydrogen-bond donors (Lipinski definition) is 1. The third-order valence-electron chi connectivity index (χ3n) is 5.46. The van der Waals surface area contributed by atoms with Crippen molar-refractivity contribution < 1.29 is 27.2 Å². The van der Waals surface area contributed by atoms with Crippen LogP contribution in [-0.2, 0) is 11.0 Å². The number of hydrogen-bond acceptors (Lipinski definition) is 6. The van der Waals surface area contributed by atoms with Crippen LogP contribution < -0.4 is 10.1 Å². The molecule has 0 unspecified atom stereocenters. The smallest absolute Gasteiger partial charge is 0.416 e. The van der Waals surface area contributed by atoms with Gasteiger partial charge in [-0.05, 0) is 54.6 Å². The topological polar surface area (TPSA) is 90.1 Å². The molecule has 0 bridgehead atoms. The highest BCUT2D eigenvalue weighted by Gasteiger charge is 2.30. The van der Waals surface area contributed by atoms with Gasteiger partial charge in [-0.2, -0.15) is 18.2 Å². The standard InChI is InChI=1S/C28H19F3N4O3/c29-28(30,31)21-7-4-8-22(15-21)33-25(36)17-37-23-12-9-19(10-13-23)27-34-26(35-38-27)20-11-14-24(32-16-20)18-5-2-1-3-6-18/h1-16H,17H2,(H,33,36). The first kappa shape index (κ1) is 24.7. The Kier molecular flexibility index (Phi) is 6.86. The molecule has 10 heteroatoms. The van der Waals surface area contributed by atoms with E-state index in [-0.39, 0.29) is 12.3 Å². The number of anilines is 1. The number of amides is 1. The van der Waals surface area contributed by atoms with Gasteiger partial charge < -0.3 is 14.6 Å². The van der Waals surface area contributed by atoms with Gasteiger partial charge in [0.1, 0.15) is 5.75 Å². The van der Waals surface area contributed by atoms with E-state index in [1.807, 2.05) is 42.5 Å². The van der Waals surface area contributed by atoms with Crippen LogP contribution >= 0.6 is 0 Å². The molecule has 1 N–H and O–H groups in total. The molecular formula is C28H19F3N4O3. The molecule has 5 rings (SSSR count). The van der Waals surface area contributed by atoms with Crippen LogP contribution in [0.5, 0.6) is 5.75 Å². The van der Waals surface area contributed by atoms with Crippen LogP contribution in [0.2, 0.25) is 0 Å². The number of benzene rings is 3. The minimum Gasteiger partial charge on any atom is -0.484 e. The van der Waals surface area contributed by atoms with E-state index in [4.69, 9.17) is 9.26 Å². The average Bonchev–Trinajstić information content (AvgIpc) is 3.43. The van der Waals surface area contributed by atoms with E-state index >= 15 is 0 Å². The van der Waals surface area contributed by atoms with Crippen LogP contribution in [-0.4, -0.2) is 27.6 Å². The largest absolute Gasteiger partial charge is 0.484 e. The number of carbonyl (C=O) groups is 1. The summed E-state index contributed by atoms with van der Waals surface area (Å²) in [6.07, 6.45) is -2.82. The van der Waals surface area contributed by atoms with E-state index < -0.39 is 17.6 Å². The molecule has 3 aromatic carbocycles. The molecule has 1 amide bonds. The van der Waals surface area contributed by atoms with E-state index in [0.29, 0.717) is 28.6 Å². The maximum atomic E-state index is 12.8. The van der Waals surface area contributed by atoms with Gasteiger partial charge in [0.15, 0.2) is 6.61 Å². The molecule has 38 heavy (non-hydrogen) atoms. The Morgan fingerprint density at radius 2 is 1.63 bits per heavy atom. The summed E-state index contributed by atoms with van der Waals surface area (Å²) in [5.41, 5.74) is 2.35. The minimum atomic E-state index is -4.50. The Morgan fingerprint density at radius 3 is 2.34 bits per heavy atom. The monoisotopic (exact) mass is 516 g/mol. The number of ether oxygens (including phenoxy) is 1. The molecule has 0 fully saturated rings. The van der Waals surface area contributed by atoms with Crippen molar-refractivity contribution in [1.82, 2.24) is 15.1 Å². The SMILES string of the molecule is O=C(COc1ccc(-c2nc(-c3ccc(-c4ccccc4)nc3)no2)cc1)Nc1cccc(C(F)(F)F)c1. The summed E-state index contributed by atoms with van der Waals surface area (Å²) in [5.74, 6) is 0.467. The van der Waals surface area contributed by atoms with E-state index in [2.05, 4.69) is 20.4 Å². The molecule has 0 aliphatic rings. The van der Waals surface area contributed by atoms with Crippen molar-refractivity contribution >= 4 is 11.6 Å². The van der Waals surface area contributed by atoms with Crippen LogP contribution in [0.25, 0.3) is 34.1 Å². The molecule has 5 aromatic rings. The van der Waals surface area contributed by atoms with Crippen molar-refractivity contribution in [3.05, 3.63) is 103 Å². The highest BCUT2D eigenvalue weighted by atomic mass is 19.4. The maximum Gasteiger partial charge on any atom is 0.416 e. The van der Waals surface area contributed by atoms with Crippen molar-refractivity contribution in [2.45, 2.75) is 6.18 Å². The van der Waals surface area contributed by atoms with Crippen LogP contribution in [0.15, 0.2) is 102 Å². The Morgan fingerprint density at radius 1 is 0.868 bits per heavy atom. The fourth-order valence-electron chi connectivity index (χ4n) is 3.58. The first-order valence-electron chi connectivity index (χ1n) is 11.4. The molecule has 0 saturated heterocycles. The number of rotatable bonds is 7. The molecule has 2 aromatic heterocycles. The number of aromatic nitrogens is 3. The second-order valence-electron chi connectivity index (χ2n) is 8.16. The number of pyridine rings is 1. The van der Waals surface area contributed by atoms with Gasteiger partial charge in [-0.3, -0.25) is 9.78 Å². The summed E-state index contributed by atoms with van der Waals surface area (Å²) in [4.78, 5) is 21.0. The highest BCUT2D eigenvalue weighted by Crippen LogP contribution is 2.31. The summed E-state index contributed by atoms with van der Waals surface area (Å²) in [7, 11) is 0. The molecule has 0 aliphatic heterocycles. The predicted octanol–water partition coefficient (Wildman–Crippen LogP) is 6.50. The lowest BCUT2D eigenvalue weighted by atomic mass is 10.1. The molecule has 0 spiro atoms. The van der Waals surface area contributed by atoms with Crippen molar-refractivity contribution in [2.24, 2.45) is 0 Å². The zero-order valence-electron chi connectivity index (χ0n) is 19.6. The fourth-order valence-corrected chi connectivity index (χ4v) is 3.58. The van der Waals surface area contributed by atoms with Gasteiger partial charge in [0, 0.05) is 28.6 Å². The maximum absolute atomic E-state index is 12.8. The van der Waals surface area contributed by atoms with Crippen molar-refractivity contribution in [1.29, 1.82) is 0 Å². The lowest BCUT2D eigenvalue weighted by Gasteiger charge is -2.10. The summed E-state index contributed by atoms with van der Waals surface area (Å²) < 4.78 is 49.3. The zero-order chi connectivity index (χ0) is 26.5. The number of carbonyl (C=O) groups excluding carboxylic acids is 1. The first-order chi connectivity index (χ1) is 18.3. The molecule has 0 aliphatic carbocycles. The molecular weight excluding hydrogens is 497 g/mol. The normalized spacial score (nSPS) is 11.2. The lowest BCUT2D eigenvalue weighted by molar-refractivity contribution is -0.137. The van der Waals surface area contributed by atoms with E-state index in [1.54, 1.807) is 30.5 Å². The van der Waals surface area contributed by atoms with Crippen molar-refractivity contribution in [2.75, 3.05) is 11.9 Å². The molecule has 0 radical (unpaired) electrons. The zero-order valence-corrected chi connectivity index (χ0v) is 19.6.